The van der Waals surface area contributed by atoms with E-state index in [4.69, 9.17) is 9.47 Å². The van der Waals surface area contributed by atoms with Gasteiger partial charge in [0.25, 0.3) is 0 Å². The fourth-order valence-corrected chi connectivity index (χ4v) is 5.00. The number of nitrogens with one attached hydrogen (secondary N) is 3. The molecule has 1 saturated heterocycles. The van der Waals surface area contributed by atoms with E-state index in [1.807, 2.05) is 12.1 Å². The average Bonchev–Trinajstić information content (AvgIpc) is 3.58. The van der Waals surface area contributed by atoms with Crippen LogP contribution in [0.3, 0.4) is 0 Å². The van der Waals surface area contributed by atoms with Gasteiger partial charge in [-0.1, -0.05) is 6.58 Å². The number of anilines is 3. The van der Waals surface area contributed by atoms with E-state index in [-0.39, 0.29) is 17.6 Å². The topological polar surface area (TPSA) is 130 Å². The lowest BCUT2D eigenvalue weighted by Crippen LogP contribution is -2.41. The molecule has 1 aliphatic heterocycles. The van der Waals surface area contributed by atoms with Gasteiger partial charge in [-0.3, -0.25) is 14.9 Å². The van der Waals surface area contributed by atoms with Crippen LogP contribution in [0.15, 0.2) is 79.9 Å². The largest absolute Gasteiger partial charge is 0.495 e. The summed E-state index contributed by atoms with van der Waals surface area (Å²) < 4.78 is 26.8. The second-order valence-corrected chi connectivity index (χ2v) is 9.96. The number of ether oxygens (including phenoxy) is 2. The number of amides is 1. The third-order valence-corrected chi connectivity index (χ3v) is 7.23. The Bertz CT molecular complexity index is 1770. The first-order chi connectivity index (χ1) is 21.0. The third-order valence-electron chi connectivity index (χ3n) is 7.23. The minimum Gasteiger partial charge on any atom is -0.495 e. The second-order valence-electron chi connectivity index (χ2n) is 9.96. The molecule has 11 nitrogen and oxygen atoms in total. The van der Waals surface area contributed by atoms with Crippen molar-refractivity contribution in [1.29, 1.82) is 0 Å². The van der Waals surface area contributed by atoms with Crippen LogP contribution < -0.4 is 20.1 Å². The van der Waals surface area contributed by atoms with Crippen molar-refractivity contribution in [2.45, 2.75) is 18.9 Å². The maximum absolute atomic E-state index is 15.3. The summed E-state index contributed by atoms with van der Waals surface area (Å²) in [6.07, 6.45) is 7.57. The van der Waals surface area contributed by atoms with Crippen molar-refractivity contribution in [3.05, 3.63) is 85.7 Å². The number of pyridine rings is 1. The first-order valence-electron chi connectivity index (χ1n) is 13.7. The van der Waals surface area contributed by atoms with Crippen molar-refractivity contribution in [3.8, 4) is 28.6 Å². The van der Waals surface area contributed by atoms with E-state index in [9.17, 15) is 4.79 Å². The lowest BCUT2D eigenvalue weighted by molar-refractivity contribution is -0.126. The minimum absolute atomic E-state index is 0.0572. The molecule has 5 aromatic rings. The Kier molecular flexibility index (Phi) is 7.81. The monoisotopic (exact) mass is 580 g/mol. The number of methoxy groups -OCH3 is 1. The van der Waals surface area contributed by atoms with Crippen LogP contribution in [-0.4, -0.2) is 62.2 Å². The molecule has 3 aromatic heterocycles. The predicted octanol–water partition coefficient (Wildman–Crippen LogP) is 5.69. The first kappa shape index (κ1) is 27.6. The van der Waals surface area contributed by atoms with E-state index in [2.05, 4.69) is 42.4 Å². The zero-order chi connectivity index (χ0) is 29.8. The van der Waals surface area contributed by atoms with E-state index >= 15 is 4.39 Å². The van der Waals surface area contributed by atoms with Gasteiger partial charge in [0.1, 0.15) is 35.2 Å². The Hall–Kier alpha value is -5.52. The number of piperidine rings is 1. The van der Waals surface area contributed by atoms with E-state index < -0.39 is 5.82 Å². The SMILES string of the molecule is C=CC(=O)N1CCC(Nc2cc3c(Nc4ccc(Oc5ccnc(-c6ccn[nH]6)c5)cc4F)ncnc3cc2OC)CC1. The van der Waals surface area contributed by atoms with Crippen molar-refractivity contribution in [2.24, 2.45) is 0 Å². The van der Waals surface area contributed by atoms with Gasteiger partial charge in [-0.05, 0) is 49.2 Å². The molecule has 0 spiro atoms. The van der Waals surface area contributed by atoms with Crippen LogP contribution in [0, 0.1) is 5.82 Å². The second kappa shape index (κ2) is 12.1. The number of halogens is 1. The van der Waals surface area contributed by atoms with E-state index in [0.29, 0.717) is 52.8 Å². The van der Waals surface area contributed by atoms with Gasteiger partial charge >= 0.3 is 0 Å². The van der Waals surface area contributed by atoms with Gasteiger partial charge in [-0.2, -0.15) is 5.10 Å². The molecule has 0 saturated carbocycles. The molecule has 4 heterocycles. The zero-order valence-corrected chi connectivity index (χ0v) is 23.4. The Labute approximate surface area is 246 Å². The number of likely N-dealkylation sites (tertiary alicyclic amines) is 1. The highest BCUT2D eigenvalue weighted by atomic mass is 19.1. The smallest absolute Gasteiger partial charge is 0.245 e. The number of H-pyrrole nitrogens is 1. The summed E-state index contributed by atoms with van der Waals surface area (Å²) in [6, 6.07) is 13.7. The van der Waals surface area contributed by atoms with Gasteiger partial charge in [-0.15, -0.1) is 0 Å². The molecule has 3 N–H and O–H groups in total. The van der Waals surface area contributed by atoms with Crippen LogP contribution in [0.25, 0.3) is 22.3 Å². The molecule has 1 amide bonds. The summed E-state index contributed by atoms with van der Waals surface area (Å²) >= 11 is 0. The first-order valence-corrected chi connectivity index (χ1v) is 13.7. The Morgan fingerprint density at radius 3 is 2.63 bits per heavy atom. The van der Waals surface area contributed by atoms with Crippen molar-refractivity contribution in [3.63, 3.8) is 0 Å². The lowest BCUT2D eigenvalue weighted by atomic mass is 10.0. The summed E-state index contributed by atoms with van der Waals surface area (Å²) in [5, 5.41) is 14.1. The number of nitrogens with zero attached hydrogens (tertiary/aromatic N) is 5. The van der Waals surface area contributed by atoms with E-state index in [0.717, 1.165) is 24.2 Å². The van der Waals surface area contributed by atoms with Crippen molar-refractivity contribution in [2.75, 3.05) is 30.8 Å². The number of carbonyl (C=O) groups is 1. The highest BCUT2D eigenvalue weighted by molar-refractivity contribution is 5.95. The quantitative estimate of drug-likeness (QED) is 0.188. The summed E-state index contributed by atoms with van der Waals surface area (Å²) in [5.74, 6) is 1.33. The van der Waals surface area contributed by atoms with Crippen LogP contribution in [0.1, 0.15) is 12.8 Å². The molecule has 6 rings (SSSR count). The number of fused-ring (bicyclic) bond motifs is 1. The van der Waals surface area contributed by atoms with Crippen LogP contribution in [0.4, 0.5) is 21.6 Å². The third kappa shape index (κ3) is 6.08. The maximum Gasteiger partial charge on any atom is 0.245 e. The zero-order valence-electron chi connectivity index (χ0n) is 23.4. The van der Waals surface area contributed by atoms with Crippen molar-refractivity contribution in [1.82, 2.24) is 30.0 Å². The number of hydrogen-bond acceptors (Lipinski definition) is 9. The molecule has 1 fully saturated rings. The number of aromatic nitrogens is 5. The molecule has 0 atom stereocenters. The maximum atomic E-state index is 15.3. The summed E-state index contributed by atoms with van der Waals surface area (Å²) in [4.78, 5) is 26.8. The average molecular weight is 581 g/mol. The highest BCUT2D eigenvalue weighted by Gasteiger charge is 2.23. The molecule has 12 heteroatoms. The van der Waals surface area contributed by atoms with E-state index in [1.54, 1.807) is 54.7 Å². The van der Waals surface area contributed by atoms with Crippen molar-refractivity contribution >= 4 is 34.0 Å². The van der Waals surface area contributed by atoms with Gasteiger partial charge in [0.2, 0.25) is 5.91 Å². The molecule has 0 unspecified atom stereocenters. The molecule has 0 aliphatic carbocycles. The fourth-order valence-electron chi connectivity index (χ4n) is 5.00. The number of hydrogen-bond donors (Lipinski definition) is 3. The normalized spacial score (nSPS) is 13.5. The molecular formula is C31H29FN8O3. The molecule has 43 heavy (non-hydrogen) atoms. The molecule has 0 bridgehead atoms. The molecule has 0 radical (unpaired) electrons. The standard InChI is InChI=1S/C31H29FN8O3/c1-3-30(41)40-12-8-19(9-13-40)37-28-16-22-26(17-29(28)42-2)34-18-35-31(22)38-24-5-4-20(14-23(24)32)43-21-6-10-33-27(15-21)25-7-11-36-39-25/h3-7,10-11,14-19,37H,1,8-9,12-13H2,2H3,(H,36,39)(H,34,35,38). The molecule has 1 aliphatic rings. The lowest BCUT2D eigenvalue weighted by Gasteiger charge is -2.32. The summed E-state index contributed by atoms with van der Waals surface area (Å²) in [5.41, 5.74) is 3.03. The summed E-state index contributed by atoms with van der Waals surface area (Å²) in [7, 11) is 1.60. The van der Waals surface area contributed by atoms with Gasteiger partial charge in [0.15, 0.2) is 0 Å². The van der Waals surface area contributed by atoms with Gasteiger partial charge < -0.3 is 25.0 Å². The minimum atomic E-state index is -0.514. The number of rotatable bonds is 9. The summed E-state index contributed by atoms with van der Waals surface area (Å²) in [6.45, 7) is 4.85. The molecule has 218 valence electrons. The van der Waals surface area contributed by atoms with E-state index in [1.165, 1.54) is 18.5 Å². The van der Waals surface area contributed by atoms with Crippen molar-refractivity contribution < 1.29 is 18.7 Å². The fraction of sp³-hybridized carbons (Fsp3) is 0.194. The highest BCUT2D eigenvalue weighted by Crippen LogP contribution is 2.35. The van der Waals surface area contributed by atoms with Gasteiger partial charge in [-0.25, -0.2) is 14.4 Å². The van der Waals surface area contributed by atoms with Crippen LogP contribution in [0.2, 0.25) is 0 Å². The molecular weight excluding hydrogens is 551 g/mol. The predicted molar refractivity (Wildman–Crippen MR) is 161 cm³/mol. The number of carbonyl (C=O) groups excluding carboxylic acids is 1. The van der Waals surface area contributed by atoms with Crippen LogP contribution in [0.5, 0.6) is 17.2 Å². The van der Waals surface area contributed by atoms with Crippen LogP contribution in [-0.2, 0) is 4.79 Å². The number of aromatic amines is 1. The Balaban J connectivity index is 1.20. The Morgan fingerprint density at radius 2 is 1.88 bits per heavy atom. The van der Waals surface area contributed by atoms with Gasteiger partial charge in [0, 0.05) is 55.1 Å². The van der Waals surface area contributed by atoms with Crippen LogP contribution >= 0.6 is 0 Å². The molecule has 2 aromatic carbocycles. The number of benzene rings is 2. The van der Waals surface area contributed by atoms with Gasteiger partial charge in [0.05, 0.1) is 35.4 Å². The Morgan fingerprint density at radius 1 is 1.05 bits per heavy atom.